The lowest BCUT2D eigenvalue weighted by Crippen LogP contribution is -2.25. The molecule has 0 saturated heterocycles. The SMILES string of the molecule is CCC[C@H](C)n1c(CC2=CC(C)C(C)(C)C(C)=C2)nc2c(N)ncnc21. The number of allylic oxidation sites excluding steroid dienone is 4. The van der Waals surface area contributed by atoms with E-state index in [0.29, 0.717) is 17.8 Å². The summed E-state index contributed by atoms with van der Waals surface area (Å²) in [5.41, 5.74) is 10.6. The van der Waals surface area contributed by atoms with Crippen LogP contribution in [0.2, 0.25) is 0 Å². The highest BCUT2D eigenvalue weighted by atomic mass is 15.2. The fraction of sp³-hybridized carbons (Fsp3) is 0.571. The number of rotatable bonds is 5. The summed E-state index contributed by atoms with van der Waals surface area (Å²) in [7, 11) is 0. The Hall–Kier alpha value is -2.17. The number of nitrogens with zero attached hydrogens (tertiary/aromatic N) is 4. The van der Waals surface area contributed by atoms with Gasteiger partial charge in [0.15, 0.2) is 17.0 Å². The van der Waals surface area contributed by atoms with Crippen molar-refractivity contribution in [3.8, 4) is 0 Å². The smallest absolute Gasteiger partial charge is 0.165 e. The molecule has 2 aromatic heterocycles. The van der Waals surface area contributed by atoms with Gasteiger partial charge in [-0.05, 0) is 37.2 Å². The first kappa shape index (κ1) is 18.6. The number of imidazole rings is 1. The largest absolute Gasteiger partial charge is 0.382 e. The minimum Gasteiger partial charge on any atom is -0.382 e. The maximum atomic E-state index is 6.07. The molecule has 5 nitrogen and oxygen atoms in total. The van der Waals surface area contributed by atoms with E-state index >= 15 is 0 Å². The Balaban J connectivity index is 2.05. The molecule has 2 heterocycles. The molecule has 0 aliphatic heterocycles. The first-order valence-electron chi connectivity index (χ1n) is 9.62. The van der Waals surface area contributed by atoms with Gasteiger partial charge in [-0.15, -0.1) is 0 Å². The predicted molar refractivity (Wildman–Crippen MR) is 108 cm³/mol. The molecular formula is C21H31N5. The highest BCUT2D eigenvalue weighted by Crippen LogP contribution is 2.40. The Morgan fingerprint density at radius 2 is 2.04 bits per heavy atom. The van der Waals surface area contributed by atoms with Crippen LogP contribution in [0, 0.1) is 11.3 Å². The Labute approximate surface area is 156 Å². The second-order valence-electron chi connectivity index (χ2n) is 8.22. The fourth-order valence-electron chi connectivity index (χ4n) is 3.80. The van der Waals surface area contributed by atoms with E-state index in [1.807, 2.05) is 0 Å². The zero-order chi connectivity index (χ0) is 19.1. The van der Waals surface area contributed by atoms with Gasteiger partial charge in [-0.2, -0.15) is 0 Å². The van der Waals surface area contributed by atoms with Crippen molar-refractivity contribution in [1.82, 2.24) is 19.5 Å². The molecule has 1 aliphatic rings. The minimum absolute atomic E-state index is 0.203. The van der Waals surface area contributed by atoms with E-state index in [0.717, 1.165) is 36.3 Å². The molecule has 2 aromatic rings. The summed E-state index contributed by atoms with van der Waals surface area (Å²) in [5.74, 6) is 1.98. The molecule has 0 saturated carbocycles. The molecule has 2 atom stereocenters. The van der Waals surface area contributed by atoms with Crippen LogP contribution in [-0.4, -0.2) is 19.5 Å². The van der Waals surface area contributed by atoms with Gasteiger partial charge in [-0.3, -0.25) is 0 Å². The molecule has 26 heavy (non-hydrogen) atoms. The van der Waals surface area contributed by atoms with Crippen LogP contribution in [0.5, 0.6) is 0 Å². The van der Waals surface area contributed by atoms with Crippen molar-refractivity contribution in [2.24, 2.45) is 11.3 Å². The van der Waals surface area contributed by atoms with Crippen LogP contribution in [0.3, 0.4) is 0 Å². The number of nitrogens with two attached hydrogens (primary N) is 1. The molecule has 0 amide bonds. The summed E-state index contributed by atoms with van der Waals surface area (Å²) in [5, 5.41) is 0. The Bertz CT molecular complexity index is 872. The molecule has 0 aromatic carbocycles. The van der Waals surface area contributed by atoms with Gasteiger partial charge in [-0.1, -0.05) is 51.8 Å². The average Bonchev–Trinajstić information content (AvgIpc) is 2.93. The first-order valence-corrected chi connectivity index (χ1v) is 9.62. The van der Waals surface area contributed by atoms with Gasteiger partial charge >= 0.3 is 0 Å². The maximum Gasteiger partial charge on any atom is 0.165 e. The monoisotopic (exact) mass is 353 g/mol. The molecule has 0 spiro atoms. The Morgan fingerprint density at radius 3 is 2.69 bits per heavy atom. The second-order valence-corrected chi connectivity index (χ2v) is 8.22. The van der Waals surface area contributed by atoms with E-state index < -0.39 is 0 Å². The molecular weight excluding hydrogens is 322 g/mol. The van der Waals surface area contributed by atoms with Crippen molar-refractivity contribution in [2.45, 2.75) is 66.8 Å². The van der Waals surface area contributed by atoms with Crippen LogP contribution < -0.4 is 5.73 Å². The van der Waals surface area contributed by atoms with Gasteiger partial charge in [0, 0.05) is 12.5 Å². The van der Waals surface area contributed by atoms with Crippen LogP contribution >= 0.6 is 0 Å². The third-order valence-corrected chi connectivity index (χ3v) is 6.11. The minimum atomic E-state index is 0.203. The standard InChI is InChI=1S/C21H31N5/c1-7-8-15(4)26-17(25-18-19(22)23-12-24-20(18)26)11-16-9-13(2)21(5,6)14(3)10-16/h9-10,12-13,15H,7-8,11H2,1-6H3,(H2,22,23,24)/t13?,15-/m0/s1. The molecule has 5 heteroatoms. The summed E-state index contributed by atoms with van der Waals surface area (Å²) in [6.45, 7) is 13.6. The van der Waals surface area contributed by atoms with Crippen LogP contribution in [0.15, 0.2) is 29.6 Å². The van der Waals surface area contributed by atoms with Crippen LogP contribution in [0.25, 0.3) is 11.2 Å². The van der Waals surface area contributed by atoms with E-state index in [4.69, 9.17) is 10.7 Å². The van der Waals surface area contributed by atoms with Crippen molar-refractivity contribution >= 4 is 17.0 Å². The molecule has 2 N–H and O–H groups in total. The highest BCUT2D eigenvalue weighted by Gasteiger charge is 2.30. The zero-order valence-corrected chi connectivity index (χ0v) is 16.9. The molecule has 0 radical (unpaired) electrons. The molecule has 140 valence electrons. The molecule has 3 rings (SSSR count). The van der Waals surface area contributed by atoms with Crippen LogP contribution in [0.1, 0.15) is 66.3 Å². The lowest BCUT2D eigenvalue weighted by molar-refractivity contribution is 0.335. The number of aromatic nitrogens is 4. The van der Waals surface area contributed by atoms with E-state index in [-0.39, 0.29) is 5.41 Å². The molecule has 1 unspecified atom stereocenters. The number of fused-ring (bicyclic) bond motifs is 1. The summed E-state index contributed by atoms with van der Waals surface area (Å²) in [6, 6.07) is 0.331. The third kappa shape index (κ3) is 3.15. The average molecular weight is 354 g/mol. The quantitative estimate of drug-likeness (QED) is 0.833. The van der Waals surface area contributed by atoms with E-state index in [1.54, 1.807) is 0 Å². The number of nitrogen functional groups attached to an aromatic ring is 1. The van der Waals surface area contributed by atoms with Gasteiger partial charge in [-0.25, -0.2) is 15.0 Å². The molecule has 0 fully saturated rings. The number of hydrogen-bond acceptors (Lipinski definition) is 4. The fourth-order valence-corrected chi connectivity index (χ4v) is 3.80. The zero-order valence-electron chi connectivity index (χ0n) is 16.9. The second kappa shape index (κ2) is 6.86. The van der Waals surface area contributed by atoms with Crippen molar-refractivity contribution in [2.75, 3.05) is 5.73 Å². The van der Waals surface area contributed by atoms with E-state index in [2.05, 4.69) is 68.2 Å². The number of anilines is 1. The van der Waals surface area contributed by atoms with Gasteiger partial charge in [0.1, 0.15) is 12.2 Å². The van der Waals surface area contributed by atoms with Crippen molar-refractivity contribution < 1.29 is 0 Å². The number of hydrogen-bond donors (Lipinski definition) is 1. The van der Waals surface area contributed by atoms with Crippen LogP contribution in [-0.2, 0) is 6.42 Å². The van der Waals surface area contributed by atoms with Gasteiger partial charge in [0.2, 0.25) is 0 Å². The highest BCUT2D eigenvalue weighted by molar-refractivity contribution is 5.82. The van der Waals surface area contributed by atoms with Crippen LogP contribution in [0.4, 0.5) is 5.82 Å². The van der Waals surface area contributed by atoms with Crippen molar-refractivity contribution in [3.05, 3.63) is 35.4 Å². The summed E-state index contributed by atoms with van der Waals surface area (Å²) >= 11 is 0. The van der Waals surface area contributed by atoms with Gasteiger partial charge < -0.3 is 10.3 Å². The topological polar surface area (TPSA) is 69.6 Å². The van der Waals surface area contributed by atoms with E-state index in [9.17, 15) is 0 Å². The summed E-state index contributed by atoms with van der Waals surface area (Å²) in [6.07, 6.45) is 9.24. The van der Waals surface area contributed by atoms with Gasteiger partial charge in [0.05, 0.1) is 0 Å². The normalized spacial score (nSPS) is 20.8. The van der Waals surface area contributed by atoms with Gasteiger partial charge in [0.25, 0.3) is 0 Å². The lowest BCUT2D eigenvalue weighted by atomic mass is 9.70. The lowest BCUT2D eigenvalue weighted by Gasteiger charge is -2.35. The Morgan fingerprint density at radius 1 is 1.31 bits per heavy atom. The molecule has 0 bridgehead atoms. The predicted octanol–water partition coefficient (Wildman–Crippen LogP) is 4.86. The Kier molecular flexibility index (Phi) is 4.91. The third-order valence-electron chi connectivity index (χ3n) is 6.11. The summed E-state index contributed by atoms with van der Waals surface area (Å²) in [4.78, 5) is 13.4. The van der Waals surface area contributed by atoms with E-state index in [1.165, 1.54) is 17.5 Å². The molecule has 1 aliphatic carbocycles. The maximum absolute atomic E-state index is 6.07. The van der Waals surface area contributed by atoms with Crippen molar-refractivity contribution in [1.29, 1.82) is 0 Å². The first-order chi connectivity index (χ1) is 12.3. The summed E-state index contributed by atoms with van der Waals surface area (Å²) < 4.78 is 2.26. The van der Waals surface area contributed by atoms with Crippen molar-refractivity contribution in [3.63, 3.8) is 0 Å².